The molecule has 21 heavy (non-hydrogen) atoms. The first-order valence-corrected chi connectivity index (χ1v) is 7.89. The van der Waals surface area contributed by atoms with Gasteiger partial charge in [0.25, 0.3) is 0 Å². The molecule has 1 aromatic heterocycles. The van der Waals surface area contributed by atoms with Gasteiger partial charge in [-0.25, -0.2) is 9.97 Å². The topological polar surface area (TPSA) is 47.0 Å². The number of hydrogen-bond acceptors (Lipinski definition) is 5. The van der Waals surface area contributed by atoms with Crippen LogP contribution in [0.1, 0.15) is 24.7 Å². The highest BCUT2D eigenvalue weighted by molar-refractivity contribution is 7.99. The van der Waals surface area contributed by atoms with Gasteiger partial charge in [0, 0.05) is 24.6 Å². The Morgan fingerprint density at radius 1 is 1.24 bits per heavy atom. The molecule has 2 aromatic rings. The molecule has 0 radical (unpaired) electrons. The Hall–Kier alpha value is -1.59. The van der Waals surface area contributed by atoms with Gasteiger partial charge in [-0.05, 0) is 25.0 Å². The lowest BCUT2D eigenvalue weighted by molar-refractivity contribution is 0.177. The van der Waals surface area contributed by atoms with Gasteiger partial charge in [0.15, 0.2) is 5.82 Å². The molecule has 1 N–H and O–H groups in total. The molecule has 2 rings (SSSR count). The fourth-order valence-electron chi connectivity index (χ4n) is 1.85. The van der Waals surface area contributed by atoms with Crippen LogP contribution in [0.3, 0.4) is 0 Å². The monoisotopic (exact) mass is 303 g/mol. The van der Waals surface area contributed by atoms with E-state index in [1.54, 1.807) is 18.9 Å². The number of rotatable bonds is 7. The van der Waals surface area contributed by atoms with Crippen molar-refractivity contribution in [2.24, 2.45) is 0 Å². The van der Waals surface area contributed by atoms with Gasteiger partial charge in [0.2, 0.25) is 0 Å². The highest BCUT2D eigenvalue weighted by Gasteiger charge is 2.07. The van der Waals surface area contributed by atoms with Crippen LogP contribution in [0.25, 0.3) is 0 Å². The van der Waals surface area contributed by atoms with E-state index < -0.39 is 0 Å². The second-order valence-electron chi connectivity index (χ2n) is 4.73. The molecule has 0 aliphatic carbocycles. The van der Waals surface area contributed by atoms with Gasteiger partial charge >= 0.3 is 0 Å². The number of hydrogen-bond donors (Lipinski definition) is 1. The summed E-state index contributed by atoms with van der Waals surface area (Å²) < 4.78 is 5.15. The van der Waals surface area contributed by atoms with Crippen molar-refractivity contribution >= 4 is 17.6 Å². The zero-order chi connectivity index (χ0) is 15.1. The van der Waals surface area contributed by atoms with Crippen LogP contribution in [-0.2, 0) is 11.3 Å². The quantitative estimate of drug-likeness (QED) is 0.786. The fraction of sp³-hybridized carbons (Fsp3) is 0.375. The molecule has 0 aliphatic heterocycles. The van der Waals surface area contributed by atoms with Crippen LogP contribution < -0.4 is 5.32 Å². The van der Waals surface area contributed by atoms with Crippen molar-refractivity contribution in [1.82, 2.24) is 9.97 Å². The van der Waals surface area contributed by atoms with E-state index in [-0.39, 0.29) is 0 Å². The van der Waals surface area contributed by atoms with Crippen molar-refractivity contribution in [2.45, 2.75) is 36.8 Å². The van der Waals surface area contributed by atoms with E-state index in [0.717, 1.165) is 23.8 Å². The second-order valence-corrected chi connectivity index (χ2v) is 5.80. The number of aromatic nitrogens is 2. The number of nitrogens with one attached hydrogen (secondary N) is 1. The average Bonchev–Trinajstić information content (AvgIpc) is 2.48. The summed E-state index contributed by atoms with van der Waals surface area (Å²) in [6.07, 6.45) is 1.06. The van der Waals surface area contributed by atoms with Gasteiger partial charge in [0.1, 0.15) is 17.5 Å². The molecule has 0 amide bonds. The third-order valence-corrected chi connectivity index (χ3v) is 3.98. The smallest absolute Gasteiger partial charge is 0.157 e. The Balaban J connectivity index is 2.24. The second kappa shape index (κ2) is 8.00. The Morgan fingerprint density at radius 3 is 2.76 bits per heavy atom. The molecule has 1 aromatic carbocycles. The largest absolute Gasteiger partial charge is 0.377 e. The lowest BCUT2D eigenvalue weighted by Crippen LogP contribution is -2.06. The molecule has 0 atom stereocenters. The van der Waals surface area contributed by atoms with Crippen LogP contribution in [0.5, 0.6) is 0 Å². The fourth-order valence-corrected chi connectivity index (χ4v) is 2.77. The normalized spacial score (nSPS) is 10.6. The van der Waals surface area contributed by atoms with E-state index >= 15 is 0 Å². The van der Waals surface area contributed by atoms with Crippen molar-refractivity contribution in [2.75, 3.05) is 19.0 Å². The van der Waals surface area contributed by atoms with Crippen molar-refractivity contribution < 1.29 is 4.74 Å². The molecule has 0 aliphatic rings. The Morgan fingerprint density at radius 2 is 2.05 bits per heavy atom. The summed E-state index contributed by atoms with van der Waals surface area (Å²) in [7, 11) is 1.66. The molecule has 0 saturated heterocycles. The van der Waals surface area contributed by atoms with E-state index in [0.29, 0.717) is 12.4 Å². The van der Waals surface area contributed by atoms with Crippen molar-refractivity contribution in [3.05, 3.63) is 41.7 Å². The summed E-state index contributed by atoms with van der Waals surface area (Å²) in [5.41, 5.74) is 1.25. The first kappa shape index (κ1) is 15.8. The Labute approximate surface area is 130 Å². The highest BCUT2D eigenvalue weighted by atomic mass is 32.2. The Bertz CT molecular complexity index is 589. The summed E-state index contributed by atoms with van der Waals surface area (Å²) in [6.45, 7) is 5.56. The molecule has 112 valence electrons. The minimum Gasteiger partial charge on any atom is -0.377 e. The summed E-state index contributed by atoms with van der Waals surface area (Å²) in [4.78, 5) is 10.2. The van der Waals surface area contributed by atoms with Crippen molar-refractivity contribution in [1.29, 1.82) is 0 Å². The van der Waals surface area contributed by atoms with Gasteiger partial charge in [-0.2, -0.15) is 0 Å². The van der Waals surface area contributed by atoms with E-state index in [1.807, 2.05) is 18.2 Å². The minimum absolute atomic E-state index is 0.420. The van der Waals surface area contributed by atoms with Gasteiger partial charge in [-0.15, -0.1) is 0 Å². The number of methoxy groups -OCH3 is 1. The predicted octanol–water partition coefficient (Wildman–Crippen LogP) is 3.90. The zero-order valence-electron chi connectivity index (χ0n) is 12.7. The molecule has 1 heterocycles. The van der Waals surface area contributed by atoms with Crippen LogP contribution >= 0.6 is 11.8 Å². The maximum absolute atomic E-state index is 5.15. The maximum atomic E-state index is 5.15. The van der Waals surface area contributed by atoms with E-state index in [1.165, 1.54) is 10.5 Å². The van der Waals surface area contributed by atoms with Crippen LogP contribution in [-0.4, -0.2) is 23.6 Å². The van der Waals surface area contributed by atoms with E-state index in [9.17, 15) is 0 Å². The van der Waals surface area contributed by atoms with Gasteiger partial charge in [-0.3, -0.25) is 0 Å². The molecule has 0 fully saturated rings. The van der Waals surface area contributed by atoms with Crippen LogP contribution in [0, 0.1) is 6.92 Å². The van der Waals surface area contributed by atoms with Crippen LogP contribution in [0.2, 0.25) is 0 Å². The number of aryl methyl sites for hydroxylation is 1. The molecule has 0 spiro atoms. The third-order valence-electron chi connectivity index (χ3n) is 2.89. The number of benzene rings is 1. The first-order chi connectivity index (χ1) is 10.2. The number of anilines is 1. The van der Waals surface area contributed by atoms with Crippen molar-refractivity contribution in [3.8, 4) is 0 Å². The van der Waals surface area contributed by atoms with Gasteiger partial charge in [0.05, 0.1) is 0 Å². The summed E-state index contributed by atoms with van der Waals surface area (Å²) >= 11 is 1.66. The minimum atomic E-state index is 0.420. The molecule has 0 unspecified atom stereocenters. The summed E-state index contributed by atoms with van der Waals surface area (Å²) in [6, 6.07) is 10.3. The van der Waals surface area contributed by atoms with E-state index in [2.05, 4.69) is 41.3 Å². The highest BCUT2D eigenvalue weighted by Crippen LogP contribution is 2.29. The molecule has 4 nitrogen and oxygen atoms in total. The maximum Gasteiger partial charge on any atom is 0.157 e. The predicted molar refractivity (Wildman–Crippen MR) is 86.8 cm³/mol. The first-order valence-electron chi connectivity index (χ1n) is 7.07. The molecular weight excluding hydrogens is 282 g/mol. The average molecular weight is 303 g/mol. The third kappa shape index (κ3) is 4.72. The molecule has 0 saturated carbocycles. The number of ether oxygens (including phenoxy) is 1. The molecule has 5 heteroatoms. The van der Waals surface area contributed by atoms with Crippen LogP contribution in [0.4, 0.5) is 5.82 Å². The number of nitrogens with zero attached hydrogens (tertiary/aromatic N) is 2. The van der Waals surface area contributed by atoms with Crippen molar-refractivity contribution in [3.63, 3.8) is 0 Å². The van der Waals surface area contributed by atoms with Crippen LogP contribution in [0.15, 0.2) is 40.3 Å². The van der Waals surface area contributed by atoms with Gasteiger partial charge < -0.3 is 10.1 Å². The zero-order valence-corrected chi connectivity index (χ0v) is 13.5. The van der Waals surface area contributed by atoms with Gasteiger partial charge in [-0.1, -0.05) is 36.9 Å². The lowest BCUT2D eigenvalue weighted by Gasteiger charge is -2.10. The standard InChI is InChI=1S/C16H21N3OS/c1-4-9-17-14-10-16(19-15(18-14)11-20-3)21-13-8-6-5-7-12(13)2/h5-8,10H,4,9,11H2,1-3H3,(H,17,18,19). The summed E-state index contributed by atoms with van der Waals surface area (Å²) in [5.74, 6) is 1.56. The summed E-state index contributed by atoms with van der Waals surface area (Å²) in [5, 5.41) is 4.25. The Kier molecular flexibility index (Phi) is 6.02. The molecular formula is C16H21N3OS. The SMILES string of the molecule is CCCNc1cc(Sc2ccccc2C)nc(COC)n1. The lowest BCUT2D eigenvalue weighted by atomic mass is 10.2. The molecule has 0 bridgehead atoms. The van der Waals surface area contributed by atoms with E-state index in [4.69, 9.17) is 4.74 Å².